The maximum Gasteiger partial charge on any atom is 0.340 e. The fourth-order valence-electron chi connectivity index (χ4n) is 3.88. The molecule has 3 heterocycles. The first-order chi connectivity index (χ1) is 14.4. The van der Waals surface area contributed by atoms with Gasteiger partial charge in [-0.1, -0.05) is 30.0 Å². The standard InChI is InChI=1S/C22H24N4O3S/c1-5-29-21(28)18-12(2)19(24-13(18)3)20(27)14(4)30-22-25-16-9-7-6-8-15(16)17-10-11-23-26(17)22/h6-9,11,14,17,24H,5,10H2,1-4H3. The highest BCUT2D eigenvalue weighted by atomic mass is 32.2. The molecule has 2 unspecified atom stereocenters. The van der Waals surface area contributed by atoms with Gasteiger partial charge < -0.3 is 9.72 Å². The molecule has 2 aromatic rings. The molecule has 1 aromatic heterocycles. The van der Waals surface area contributed by atoms with Gasteiger partial charge in [0.25, 0.3) is 0 Å². The smallest absolute Gasteiger partial charge is 0.340 e. The van der Waals surface area contributed by atoms with E-state index in [1.807, 2.05) is 36.3 Å². The minimum Gasteiger partial charge on any atom is -0.462 e. The summed E-state index contributed by atoms with van der Waals surface area (Å²) < 4.78 is 5.13. The Hall–Kier alpha value is -2.87. The number of esters is 1. The number of aromatic nitrogens is 1. The third-order valence-electron chi connectivity index (χ3n) is 5.35. The van der Waals surface area contributed by atoms with Crippen molar-refractivity contribution < 1.29 is 14.3 Å². The van der Waals surface area contributed by atoms with Crippen molar-refractivity contribution >= 4 is 40.6 Å². The molecule has 0 saturated carbocycles. The third-order valence-corrected chi connectivity index (χ3v) is 6.41. The van der Waals surface area contributed by atoms with Gasteiger partial charge in [-0.25, -0.2) is 14.8 Å². The Kier molecular flexibility index (Phi) is 5.51. The van der Waals surface area contributed by atoms with Crippen molar-refractivity contribution in [2.24, 2.45) is 10.1 Å². The second-order valence-electron chi connectivity index (χ2n) is 7.32. The molecular formula is C22H24N4O3S. The Morgan fingerprint density at radius 2 is 2.10 bits per heavy atom. The number of nitrogens with zero attached hydrogens (tertiary/aromatic N) is 3. The number of benzene rings is 1. The predicted molar refractivity (Wildman–Crippen MR) is 119 cm³/mol. The number of ketones is 1. The van der Waals surface area contributed by atoms with E-state index in [1.54, 1.807) is 20.8 Å². The number of fused-ring (bicyclic) bond motifs is 3. The van der Waals surface area contributed by atoms with E-state index in [0.717, 1.165) is 17.7 Å². The molecule has 30 heavy (non-hydrogen) atoms. The number of para-hydroxylation sites is 1. The number of aliphatic imine (C=N–C) groups is 1. The normalized spacial score (nSPS) is 17.9. The Labute approximate surface area is 179 Å². The molecule has 2 atom stereocenters. The number of thioether (sulfide) groups is 1. The number of carbonyl (C=O) groups is 2. The molecule has 8 heteroatoms. The molecule has 0 fully saturated rings. The third kappa shape index (κ3) is 3.45. The number of H-pyrrole nitrogens is 1. The molecule has 0 radical (unpaired) electrons. The first kappa shape index (κ1) is 20.4. The number of hydrogen-bond donors (Lipinski definition) is 1. The lowest BCUT2D eigenvalue weighted by molar-refractivity contribution is 0.0525. The minimum absolute atomic E-state index is 0.0857. The molecule has 0 bridgehead atoms. The first-order valence-electron chi connectivity index (χ1n) is 9.98. The van der Waals surface area contributed by atoms with Crippen LogP contribution < -0.4 is 0 Å². The van der Waals surface area contributed by atoms with E-state index in [1.165, 1.54) is 11.8 Å². The van der Waals surface area contributed by atoms with Gasteiger partial charge in [-0.15, -0.1) is 0 Å². The number of rotatable bonds is 5. The number of nitrogens with one attached hydrogen (secondary N) is 1. The summed E-state index contributed by atoms with van der Waals surface area (Å²) >= 11 is 1.38. The van der Waals surface area contributed by atoms with Crippen LogP contribution >= 0.6 is 11.8 Å². The van der Waals surface area contributed by atoms with Crippen molar-refractivity contribution in [3.05, 3.63) is 52.3 Å². The van der Waals surface area contributed by atoms with E-state index in [9.17, 15) is 9.59 Å². The van der Waals surface area contributed by atoms with Crippen LogP contribution in [0.15, 0.2) is 34.4 Å². The van der Waals surface area contributed by atoms with E-state index in [4.69, 9.17) is 9.73 Å². The van der Waals surface area contributed by atoms with Crippen LogP contribution in [0.25, 0.3) is 0 Å². The number of hydrazone groups is 1. The summed E-state index contributed by atoms with van der Waals surface area (Å²) in [5.41, 5.74) is 4.20. The van der Waals surface area contributed by atoms with E-state index in [-0.39, 0.29) is 18.4 Å². The largest absolute Gasteiger partial charge is 0.462 e. The number of Topliss-reactive ketones (excluding diaryl/α,β-unsaturated/α-hetero) is 1. The van der Waals surface area contributed by atoms with Crippen LogP contribution in [-0.2, 0) is 4.74 Å². The molecule has 0 spiro atoms. The first-order valence-corrected chi connectivity index (χ1v) is 10.9. The molecule has 0 amide bonds. The average molecular weight is 425 g/mol. The molecule has 0 aliphatic carbocycles. The van der Waals surface area contributed by atoms with Crippen molar-refractivity contribution in [1.82, 2.24) is 9.99 Å². The van der Waals surface area contributed by atoms with Crippen LogP contribution in [0, 0.1) is 13.8 Å². The van der Waals surface area contributed by atoms with Gasteiger partial charge >= 0.3 is 5.97 Å². The summed E-state index contributed by atoms with van der Waals surface area (Å²) in [5, 5.41) is 6.68. The van der Waals surface area contributed by atoms with Gasteiger partial charge in [-0.2, -0.15) is 5.10 Å². The van der Waals surface area contributed by atoms with E-state index in [0.29, 0.717) is 27.7 Å². The molecular weight excluding hydrogens is 400 g/mol. The zero-order valence-corrected chi connectivity index (χ0v) is 18.2. The number of carbonyl (C=O) groups excluding carboxylic acids is 2. The second-order valence-corrected chi connectivity index (χ2v) is 8.63. The van der Waals surface area contributed by atoms with E-state index >= 15 is 0 Å². The molecule has 7 nitrogen and oxygen atoms in total. The molecule has 156 valence electrons. The van der Waals surface area contributed by atoms with Crippen molar-refractivity contribution in [2.45, 2.75) is 45.4 Å². The van der Waals surface area contributed by atoms with Crippen molar-refractivity contribution in [3.63, 3.8) is 0 Å². The number of amidine groups is 1. The predicted octanol–water partition coefficient (Wildman–Crippen LogP) is 4.55. The summed E-state index contributed by atoms with van der Waals surface area (Å²) in [6.45, 7) is 7.45. The number of aromatic amines is 1. The fourth-order valence-corrected chi connectivity index (χ4v) is 4.86. The quantitative estimate of drug-likeness (QED) is 0.562. The Balaban J connectivity index is 1.59. The molecule has 2 aliphatic heterocycles. The summed E-state index contributed by atoms with van der Waals surface area (Å²) in [7, 11) is 0. The van der Waals surface area contributed by atoms with Gasteiger partial charge in [0.05, 0.1) is 34.8 Å². The maximum atomic E-state index is 13.2. The molecule has 1 N–H and O–H groups in total. The summed E-state index contributed by atoms with van der Waals surface area (Å²) in [6.07, 6.45) is 2.70. The van der Waals surface area contributed by atoms with Crippen LogP contribution in [-0.4, -0.2) is 45.0 Å². The molecule has 0 saturated heterocycles. The van der Waals surface area contributed by atoms with Crippen molar-refractivity contribution in [3.8, 4) is 0 Å². The number of aryl methyl sites for hydroxylation is 1. The van der Waals surface area contributed by atoms with Crippen molar-refractivity contribution in [1.29, 1.82) is 0 Å². The lowest BCUT2D eigenvalue weighted by Crippen LogP contribution is -2.30. The molecule has 2 aliphatic rings. The van der Waals surface area contributed by atoms with E-state index < -0.39 is 11.2 Å². The van der Waals surface area contributed by atoms with Gasteiger partial charge in [0, 0.05) is 23.9 Å². The Morgan fingerprint density at radius 1 is 1.33 bits per heavy atom. The fraction of sp³-hybridized carbons (Fsp3) is 0.364. The van der Waals surface area contributed by atoms with Gasteiger partial charge in [-0.3, -0.25) is 4.79 Å². The van der Waals surface area contributed by atoms with Crippen LogP contribution in [0.1, 0.15) is 64.0 Å². The molecule has 4 rings (SSSR count). The lowest BCUT2D eigenvalue weighted by Gasteiger charge is -2.30. The number of hydrogen-bond acceptors (Lipinski definition) is 7. The number of ether oxygens (including phenoxy) is 1. The topological polar surface area (TPSA) is 87.1 Å². The monoisotopic (exact) mass is 424 g/mol. The minimum atomic E-state index is -0.411. The average Bonchev–Trinajstić information content (AvgIpc) is 3.32. The van der Waals surface area contributed by atoms with Crippen LogP contribution in [0.4, 0.5) is 5.69 Å². The summed E-state index contributed by atoms with van der Waals surface area (Å²) in [5.74, 6) is -0.497. The zero-order valence-electron chi connectivity index (χ0n) is 17.4. The second kappa shape index (κ2) is 8.10. The van der Waals surface area contributed by atoms with Crippen molar-refractivity contribution in [2.75, 3.05) is 6.61 Å². The lowest BCUT2D eigenvalue weighted by atomic mass is 10.0. The van der Waals surface area contributed by atoms with Gasteiger partial charge in [0.15, 0.2) is 11.0 Å². The highest BCUT2D eigenvalue weighted by Crippen LogP contribution is 2.41. The zero-order chi connectivity index (χ0) is 21.4. The maximum absolute atomic E-state index is 13.2. The highest BCUT2D eigenvalue weighted by Gasteiger charge is 2.35. The van der Waals surface area contributed by atoms with E-state index in [2.05, 4.69) is 16.2 Å². The van der Waals surface area contributed by atoms with Gasteiger partial charge in [0.1, 0.15) is 0 Å². The Morgan fingerprint density at radius 3 is 2.87 bits per heavy atom. The highest BCUT2D eigenvalue weighted by molar-refractivity contribution is 8.14. The molecule has 1 aromatic carbocycles. The van der Waals surface area contributed by atoms with Crippen LogP contribution in [0.3, 0.4) is 0 Å². The van der Waals surface area contributed by atoms with Crippen LogP contribution in [0.2, 0.25) is 0 Å². The van der Waals surface area contributed by atoms with Gasteiger partial charge in [-0.05, 0) is 39.3 Å². The Bertz CT molecular complexity index is 1070. The van der Waals surface area contributed by atoms with Crippen LogP contribution in [0.5, 0.6) is 0 Å². The van der Waals surface area contributed by atoms with Gasteiger partial charge in [0.2, 0.25) is 0 Å². The summed E-state index contributed by atoms with van der Waals surface area (Å²) in [6, 6.07) is 8.15. The summed E-state index contributed by atoms with van der Waals surface area (Å²) in [4.78, 5) is 33.3. The SMILES string of the molecule is CCOC(=O)c1c(C)[nH]c(C(=O)C(C)SC2=Nc3ccccc3C3CC=NN23)c1C.